The molecule has 0 aromatic carbocycles. The Hall–Kier alpha value is -0.570. The number of carbonyl (C=O) groups is 1. The van der Waals surface area contributed by atoms with Gasteiger partial charge in [0.25, 0.3) is 5.91 Å². The molecule has 0 radical (unpaired) electrons. The molecule has 3 nitrogen and oxygen atoms in total. The zero-order chi connectivity index (χ0) is 7.84. The summed E-state index contributed by atoms with van der Waals surface area (Å²) in [5.41, 5.74) is 0. The molecule has 2 rings (SSSR count). The van der Waals surface area contributed by atoms with Crippen molar-refractivity contribution >= 4 is 5.91 Å². The molecule has 0 aliphatic carbocycles. The van der Waals surface area contributed by atoms with Crippen molar-refractivity contribution in [1.29, 1.82) is 0 Å². The first-order valence-corrected chi connectivity index (χ1v) is 4.25. The molecule has 0 bridgehead atoms. The first kappa shape index (κ1) is 7.10. The Morgan fingerprint density at radius 2 is 2.36 bits per heavy atom. The maximum Gasteiger partial charge on any atom is 0.253 e. The van der Waals surface area contributed by atoms with Crippen LogP contribution in [0.1, 0.15) is 26.2 Å². The zero-order valence-electron chi connectivity index (χ0n) is 6.75. The number of amides is 1. The predicted molar refractivity (Wildman–Crippen MR) is 39.9 cm³/mol. The number of piperidine rings is 1. The molecule has 0 aromatic rings. The molecule has 11 heavy (non-hydrogen) atoms. The molecule has 2 atom stereocenters. The first-order chi connectivity index (χ1) is 5.29. The van der Waals surface area contributed by atoms with Crippen molar-refractivity contribution in [3.63, 3.8) is 0 Å². The Bertz CT molecular complexity index is 181. The number of hydrogen-bond acceptors (Lipinski definition) is 2. The Labute approximate surface area is 66.3 Å². The first-order valence-electron chi connectivity index (χ1n) is 4.25. The second kappa shape index (κ2) is 2.48. The summed E-state index contributed by atoms with van der Waals surface area (Å²) in [5, 5.41) is 0. The van der Waals surface area contributed by atoms with E-state index in [0.29, 0.717) is 0 Å². The van der Waals surface area contributed by atoms with Gasteiger partial charge in [-0.2, -0.15) is 0 Å². The van der Waals surface area contributed by atoms with E-state index in [9.17, 15) is 4.79 Å². The molecule has 0 saturated carbocycles. The maximum atomic E-state index is 11.3. The lowest BCUT2D eigenvalue weighted by molar-refractivity contribution is -0.130. The van der Waals surface area contributed by atoms with Crippen LogP contribution in [0.5, 0.6) is 0 Å². The van der Waals surface area contributed by atoms with Crippen LogP contribution in [-0.2, 0) is 9.53 Å². The van der Waals surface area contributed by atoms with E-state index in [2.05, 4.69) is 0 Å². The van der Waals surface area contributed by atoms with Gasteiger partial charge in [-0.15, -0.1) is 0 Å². The predicted octanol–water partition coefficient (Wildman–Crippen LogP) is 0.744. The highest BCUT2D eigenvalue weighted by molar-refractivity contribution is 5.82. The van der Waals surface area contributed by atoms with E-state index in [1.54, 1.807) is 0 Å². The second-order valence-corrected chi connectivity index (χ2v) is 3.26. The Morgan fingerprint density at radius 1 is 1.55 bits per heavy atom. The zero-order valence-corrected chi connectivity index (χ0v) is 6.75. The smallest absolute Gasteiger partial charge is 0.253 e. The van der Waals surface area contributed by atoms with Crippen LogP contribution >= 0.6 is 0 Å². The molecule has 2 heterocycles. The summed E-state index contributed by atoms with van der Waals surface area (Å²) in [4.78, 5) is 13.2. The van der Waals surface area contributed by atoms with E-state index < -0.39 is 0 Å². The minimum absolute atomic E-state index is 0.103. The fourth-order valence-corrected chi connectivity index (χ4v) is 1.82. The lowest BCUT2D eigenvalue weighted by Gasteiger charge is -2.27. The number of nitrogens with zero attached hydrogens (tertiary/aromatic N) is 1. The van der Waals surface area contributed by atoms with Crippen LogP contribution in [0.25, 0.3) is 0 Å². The Balaban J connectivity index is 2.11. The van der Waals surface area contributed by atoms with Crippen LogP contribution in [0.3, 0.4) is 0 Å². The van der Waals surface area contributed by atoms with E-state index in [1.807, 2.05) is 11.8 Å². The normalized spacial score (nSPS) is 37.5. The number of carbonyl (C=O) groups excluding carboxylic acids is 1. The van der Waals surface area contributed by atoms with Crippen molar-refractivity contribution in [1.82, 2.24) is 4.90 Å². The standard InChI is InChI=1S/C8H13NO2/c1-6-8(10)9-5-3-2-4-7(9)11-6/h6-7H,2-5H2,1H3/t6-,7+/m1/s1. The van der Waals surface area contributed by atoms with Gasteiger partial charge in [0, 0.05) is 6.54 Å². The molecular formula is C8H13NO2. The quantitative estimate of drug-likeness (QED) is 0.516. The van der Waals surface area contributed by atoms with Crippen molar-refractivity contribution in [2.24, 2.45) is 0 Å². The molecule has 1 amide bonds. The molecule has 62 valence electrons. The lowest BCUT2D eigenvalue weighted by Crippen LogP contribution is -2.38. The van der Waals surface area contributed by atoms with E-state index in [0.717, 1.165) is 19.4 Å². The highest BCUT2D eigenvalue weighted by atomic mass is 16.5. The van der Waals surface area contributed by atoms with Gasteiger partial charge in [0.2, 0.25) is 0 Å². The lowest BCUT2D eigenvalue weighted by atomic mass is 10.1. The number of hydrogen-bond donors (Lipinski definition) is 0. The molecule has 0 aromatic heterocycles. The average Bonchev–Trinajstić information content (AvgIpc) is 2.30. The van der Waals surface area contributed by atoms with E-state index in [4.69, 9.17) is 4.74 Å². The summed E-state index contributed by atoms with van der Waals surface area (Å²) in [5.74, 6) is 0.176. The Kier molecular flexibility index (Phi) is 1.60. The molecule has 2 aliphatic heterocycles. The van der Waals surface area contributed by atoms with Gasteiger partial charge in [0.05, 0.1) is 0 Å². The van der Waals surface area contributed by atoms with Crippen LogP contribution in [-0.4, -0.2) is 29.7 Å². The van der Waals surface area contributed by atoms with Crippen molar-refractivity contribution in [2.75, 3.05) is 6.54 Å². The van der Waals surface area contributed by atoms with Crippen molar-refractivity contribution in [2.45, 2.75) is 38.5 Å². The van der Waals surface area contributed by atoms with Crippen molar-refractivity contribution in [3.05, 3.63) is 0 Å². The van der Waals surface area contributed by atoms with E-state index >= 15 is 0 Å². The van der Waals surface area contributed by atoms with E-state index in [-0.39, 0.29) is 18.2 Å². The van der Waals surface area contributed by atoms with Crippen molar-refractivity contribution < 1.29 is 9.53 Å². The number of ether oxygens (including phenoxy) is 1. The highest BCUT2D eigenvalue weighted by Gasteiger charge is 2.38. The minimum atomic E-state index is -0.196. The summed E-state index contributed by atoms with van der Waals surface area (Å²) in [6.45, 7) is 2.73. The van der Waals surface area contributed by atoms with Crippen LogP contribution in [0.2, 0.25) is 0 Å². The Morgan fingerprint density at radius 3 is 3.09 bits per heavy atom. The van der Waals surface area contributed by atoms with Gasteiger partial charge in [-0.05, 0) is 26.2 Å². The third-order valence-electron chi connectivity index (χ3n) is 2.44. The fraction of sp³-hybridized carbons (Fsp3) is 0.875. The molecular weight excluding hydrogens is 142 g/mol. The van der Waals surface area contributed by atoms with Gasteiger partial charge in [-0.3, -0.25) is 4.79 Å². The molecule has 3 heteroatoms. The van der Waals surface area contributed by atoms with Crippen LogP contribution in [0.4, 0.5) is 0 Å². The van der Waals surface area contributed by atoms with E-state index in [1.165, 1.54) is 6.42 Å². The second-order valence-electron chi connectivity index (χ2n) is 3.26. The fourth-order valence-electron chi connectivity index (χ4n) is 1.82. The molecule has 0 N–H and O–H groups in total. The highest BCUT2D eigenvalue weighted by Crippen LogP contribution is 2.25. The largest absolute Gasteiger partial charge is 0.346 e. The van der Waals surface area contributed by atoms with Gasteiger partial charge in [0.15, 0.2) is 0 Å². The molecule has 2 aliphatic rings. The van der Waals surface area contributed by atoms with Crippen LogP contribution < -0.4 is 0 Å². The number of fused-ring (bicyclic) bond motifs is 1. The summed E-state index contributed by atoms with van der Waals surface area (Å²) in [7, 11) is 0. The summed E-state index contributed by atoms with van der Waals surface area (Å²) in [6, 6.07) is 0. The summed E-state index contributed by atoms with van der Waals surface area (Å²) in [6.07, 6.45) is 3.26. The molecule has 0 unspecified atom stereocenters. The van der Waals surface area contributed by atoms with Gasteiger partial charge < -0.3 is 9.64 Å². The average molecular weight is 155 g/mol. The van der Waals surface area contributed by atoms with Gasteiger partial charge in [-0.1, -0.05) is 0 Å². The van der Waals surface area contributed by atoms with Crippen LogP contribution in [0, 0.1) is 0 Å². The SMILES string of the molecule is C[C@H]1O[C@H]2CCCCN2C1=O. The van der Waals surface area contributed by atoms with Crippen molar-refractivity contribution in [3.8, 4) is 0 Å². The van der Waals surface area contributed by atoms with Gasteiger partial charge in [0.1, 0.15) is 12.3 Å². The van der Waals surface area contributed by atoms with Crippen LogP contribution in [0.15, 0.2) is 0 Å². The topological polar surface area (TPSA) is 29.5 Å². The maximum absolute atomic E-state index is 11.3. The third-order valence-corrected chi connectivity index (χ3v) is 2.44. The third kappa shape index (κ3) is 1.03. The van der Waals surface area contributed by atoms with Gasteiger partial charge in [-0.25, -0.2) is 0 Å². The summed E-state index contributed by atoms with van der Waals surface area (Å²) >= 11 is 0. The molecule has 2 fully saturated rings. The monoisotopic (exact) mass is 155 g/mol. The summed E-state index contributed by atoms with van der Waals surface area (Å²) < 4.78 is 5.45. The molecule has 2 saturated heterocycles. The van der Waals surface area contributed by atoms with Gasteiger partial charge >= 0.3 is 0 Å². The number of rotatable bonds is 0. The molecule has 0 spiro atoms. The minimum Gasteiger partial charge on any atom is -0.346 e.